The monoisotopic (exact) mass is 598 g/mol. The number of imidazole rings is 2. The van der Waals surface area contributed by atoms with Gasteiger partial charge in [0, 0.05) is 0 Å². The van der Waals surface area contributed by atoms with E-state index in [1.54, 1.807) is 18.6 Å². The Morgan fingerprint density at radius 3 is 1.50 bits per heavy atom. The first kappa shape index (κ1) is 33.5. The number of rotatable bonds is 2. The van der Waals surface area contributed by atoms with E-state index < -0.39 is 0 Å². The molecule has 6 nitrogen and oxygen atoms in total. The van der Waals surface area contributed by atoms with Gasteiger partial charge in [0.1, 0.15) is 0 Å². The molecule has 5 aromatic rings. The molecule has 0 aliphatic heterocycles. The Labute approximate surface area is 238 Å². The zero-order valence-corrected chi connectivity index (χ0v) is 29.1. The van der Waals surface area contributed by atoms with Crippen molar-refractivity contribution >= 4 is 48.7 Å². The molecule has 5 rings (SSSR count). The summed E-state index contributed by atoms with van der Waals surface area (Å²) in [5, 5.41) is 0. The third-order valence-corrected chi connectivity index (χ3v) is 6.57. The molecule has 188 valence electrons. The van der Waals surface area contributed by atoms with Crippen LogP contribution in [0.4, 0.5) is 0 Å². The summed E-state index contributed by atoms with van der Waals surface area (Å²) in [7, 11) is 0. The third-order valence-electron chi connectivity index (χ3n) is 4.16. The van der Waals surface area contributed by atoms with E-state index in [0.717, 1.165) is 66.2 Å². The molecule has 0 aliphatic rings. The van der Waals surface area contributed by atoms with Gasteiger partial charge in [-0.2, -0.15) is 0 Å². The molecule has 8 heteroatoms. The van der Waals surface area contributed by atoms with Crippen LogP contribution in [0.15, 0.2) is 85.5 Å². The molecule has 36 heavy (non-hydrogen) atoms. The molecule has 0 N–H and O–H groups in total. The van der Waals surface area contributed by atoms with Gasteiger partial charge in [0.05, 0.1) is 0 Å². The summed E-state index contributed by atoms with van der Waals surface area (Å²) in [4.78, 5) is 17.4. The van der Waals surface area contributed by atoms with Crippen LogP contribution in [0.1, 0.15) is 55.4 Å². The van der Waals surface area contributed by atoms with Crippen molar-refractivity contribution in [2.24, 2.45) is 0 Å². The standard InChI is InChI=1S/C12H8N3.C8H6N3.4C2H6.2Ga.2H/c1-2-6-10-9(5-1)14-12(15-10)11-7-3-4-8-13-11;1-2-4-9-7(3-1)8-10-5-6-11-8;4*1-2;;;;/h1-8H;1-6H;4*1-2H3;;;;/q2*-1;;;;;2*+1;;. The summed E-state index contributed by atoms with van der Waals surface area (Å²) in [6, 6.07) is 19.9. The van der Waals surface area contributed by atoms with Crippen LogP contribution >= 0.6 is 0 Å². The Hall–Kier alpha value is -2.53. The number of para-hydroxylation sites is 2. The normalized spacial score (nSPS) is 8.78. The molecule has 4 heterocycles. The zero-order valence-electron chi connectivity index (χ0n) is 23.2. The van der Waals surface area contributed by atoms with Crippen molar-refractivity contribution in [3.8, 4) is 23.0 Å². The minimum absolute atomic E-state index is 0.935. The van der Waals surface area contributed by atoms with Gasteiger partial charge in [-0.05, 0) is 0 Å². The van der Waals surface area contributed by atoms with Crippen LogP contribution in [-0.4, -0.2) is 64.2 Å². The van der Waals surface area contributed by atoms with E-state index in [2.05, 4.69) is 32.6 Å². The van der Waals surface area contributed by atoms with Crippen molar-refractivity contribution in [2.45, 2.75) is 55.4 Å². The molecule has 1 aromatic carbocycles. The van der Waals surface area contributed by atoms with Gasteiger partial charge in [0.2, 0.25) is 0 Å². The van der Waals surface area contributed by atoms with Gasteiger partial charge in [-0.1, -0.05) is 55.4 Å². The SMILES string of the molecule is CC.CC.CC.CC.[GaH][n]1c(-c2ccccn2)nc2ccccc21.[GaH][n]1ccnc1-c1ccccn1. The number of hydrogen-bond donors (Lipinski definition) is 0. The van der Waals surface area contributed by atoms with Gasteiger partial charge in [-0.25, -0.2) is 0 Å². The van der Waals surface area contributed by atoms with E-state index in [0.29, 0.717) is 0 Å². The van der Waals surface area contributed by atoms with Crippen LogP contribution in [-0.2, 0) is 0 Å². The summed E-state index contributed by atoms with van der Waals surface area (Å²) in [5.74, 6) is 1.91. The van der Waals surface area contributed by atoms with Gasteiger partial charge in [0.25, 0.3) is 0 Å². The average Bonchev–Trinajstić information content (AvgIpc) is 3.57. The molecular weight excluding hydrogens is 560 g/mol. The second-order valence-electron chi connectivity index (χ2n) is 6.00. The van der Waals surface area contributed by atoms with E-state index in [-0.39, 0.29) is 0 Å². The van der Waals surface area contributed by atoms with Crippen molar-refractivity contribution in [1.29, 1.82) is 0 Å². The Balaban J connectivity index is 0.000000546. The van der Waals surface area contributed by atoms with E-state index in [1.165, 1.54) is 5.52 Å². The van der Waals surface area contributed by atoms with E-state index in [9.17, 15) is 0 Å². The molecule has 0 atom stereocenters. The molecule has 0 saturated heterocycles. The molecular formula is C28H40Ga2N6. The van der Waals surface area contributed by atoms with E-state index in [1.807, 2.05) is 116 Å². The molecule has 0 amide bonds. The predicted molar refractivity (Wildman–Crippen MR) is 159 cm³/mol. The van der Waals surface area contributed by atoms with Crippen LogP contribution in [0.2, 0.25) is 0 Å². The number of aromatic nitrogens is 6. The van der Waals surface area contributed by atoms with Gasteiger partial charge in [-0.3, -0.25) is 0 Å². The summed E-state index contributed by atoms with van der Waals surface area (Å²) >= 11 is 2.07. The summed E-state index contributed by atoms with van der Waals surface area (Å²) in [6.45, 7) is 16.0. The molecule has 4 aromatic heterocycles. The van der Waals surface area contributed by atoms with Gasteiger partial charge in [-0.15, -0.1) is 0 Å². The molecule has 0 aliphatic carbocycles. The van der Waals surface area contributed by atoms with E-state index in [4.69, 9.17) is 0 Å². The number of pyridine rings is 2. The average molecular weight is 600 g/mol. The third kappa shape index (κ3) is 9.85. The minimum atomic E-state index is 0.935. The molecule has 2 radical (unpaired) electrons. The van der Waals surface area contributed by atoms with Crippen molar-refractivity contribution in [3.05, 3.63) is 85.5 Å². The van der Waals surface area contributed by atoms with Gasteiger partial charge < -0.3 is 0 Å². The fraction of sp³-hybridized carbons (Fsp3) is 0.286. The topological polar surface area (TPSA) is 61.4 Å². The molecule has 0 saturated carbocycles. The molecule has 0 spiro atoms. The Morgan fingerprint density at radius 1 is 0.556 bits per heavy atom. The fourth-order valence-electron chi connectivity index (χ4n) is 2.80. The number of fused-ring (bicyclic) bond motifs is 1. The fourth-order valence-corrected chi connectivity index (χ4v) is 4.56. The second kappa shape index (κ2) is 20.6. The van der Waals surface area contributed by atoms with Crippen LogP contribution in [0.25, 0.3) is 34.1 Å². The Kier molecular flexibility index (Phi) is 19.2. The first-order valence-electron chi connectivity index (χ1n) is 12.7. The number of nitrogens with zero attached hydrogens (tertiary/aromatic N) is 6. The maximum atomic E-state index is 4.61. The molecule has 0 fully saturated rings. The van der Waals surface area contributed by atoms with Gasteiger partial charge >= 0.3 is 184 Å². The van der Waals surface area contributed by atoms with Crippen LogP contribution in [0.3, 0.4) is 0 Å². The van der Waals surface area contributed by atoms with Crippen LogP contribution < -0.4 is 0 Å². The molecule has 0 unspecified atom stereocenters. The van der Waals surface area contributed by atoms with Crippen LogP contribution in [0, 0.1) is 0 Å². The summed E-state index contributed by atoms with van der Waals surface area (Å²) in [6.07, 6.45) is 7.34. The Morgan fingerprint density at radius 2 is 1.06 bits per heavy atom. The van der Waals surface area contributed by atoms with Crippen molar-refractivity contribution in [3.63, 3.8) is 0 Å². The summed E-state index contributed by atoms with van der Waals surface area (Å²) in [5.41, 5.74) is 4.09. The molecule has 0 bridgehead atoms. The predicted octanol–water partition coefficient (Wildman–Crippen LogP) is 6.48. The maximum absolute atomic E-state index is 4.61. The Bertz CT molecular complexity index is 1190. The van der Waals surface area contributed by atoms with Gasteiger partial charge in [0.15, 0.2) is 0 Å². The first-order valence-corrected chi connectivity index (χ1v) is 15.3. The number of hydrogen-bond acceptors (Lipinski definition) is 4. The first-order chi connectivity index (χ1) is 17.7. The van der Waals surface area contributed by atoms with E-state index >= 15 is 0 Å². The van der Waals surface area contributed by atoms with Crippen molar-refractivity contribution in [2.75, 3.05) is 0 Å². The van der Waals surface area contributed by atoms with Crippen molar-refractivity contribution in [1.82, 2.24) is 26.5 Å². The van der Waals surface area contributed by atoms with Crippen LogP contribution in [0.5, 0.6) is 0 Å². The quantitative estimate of drug-likeness (QED) is 0.218. The summed E-state index contributed by atoms with van der Waals surface area (Å²) < 4.78 is 4.26. The zero-order chi connectivity index (χ0) is 27.3. The number of benzene rings is 1. The second-order valence-corrected chi connectivity index (χ2v) is 8.76. The van der Waals surface area contributed by atoms with Crippen molar-refractivity contribution < 1.29 is 0 Å².